The molecule has 0 aliphatic heterocycles. The summed E-state index contributed by atoms with van der Waals surface area (Å²) in [5.41, 5.74) is 2.32. The van der Waals surface area contributed by atoms with Gasteiger partial charge < -0.3 is 9.67 Å². The first-order valence-electron chi connectivity index (χ1n) is 4.44. The fourth-order valence-corrected chi connectivity index (χ4v) is 1.72. The van der Waals surface area contributed by atoms with E-state index >= 15 is 0 Å². The Kier molecular flexibility index (Phi) is 1.85. The molecule has 0 fully saturated rings. The quantitative estimate of drug-likeness (QED) is 0.707. The van der Waals surface area contributed by atoms with E-state index in [0.717, 1.165) is 5.52 Å². The summed E-state index contributed by atoms with van der Waals surface area (Å²) in [6.45, 7) is 3.83. The van der Waals surface area contributed by atoms with Gasteiger partial charge in [-0.3, -0.25) is 0 Å². The van der Waals surface area contributed by atoms with Gasteiger partial charge in [-0.1, -0.05) is 18.2 Å². The molecule has 1 aromatic heterocycles. The summed E-state index contributed by atoms with van der Waals surface area (Å²) in [4.78, 5) is 0. The molecule has 1 atom stereocenters. The number of fused-ring (bicyclic) bond motifs is 1. The van der Waals surface area contributed by atoms with Gasteiger partial charge in [0.25, 0.3) is 0 Å². The van der Waals surface area contributed by atoms with E-state index in [2.05, 4.69) is 19.1 Å². The van der Waals surface area contributed by atoms with Crippen LogP contribution in [0, 0.1) is 6.92 Å². The number of aliphatic hydroxyl groups excluding tert-OH is 1. The molecule has 1 aromatic carbocycles. The molecule has 0 spiro atoms. The van der Waals surface area contributed by atoms with Gasteiger partial charge in [-0.25, -0.2) is 0 Å². The van der Waals surface area contributed by atoms with Gasteiger partial charge in [0.1, 0.15) is 6.23 Å². The van der Waals surface area contributed by atoms with Gasteiger partial charge >= 0.3 is 0 Å². The summed E-state index contributed by atoms with van der Waals surface area (Å²) in [6.07, 6.45) is 1.46. The monoisotopic (exact) mass is 175 g/mol. The molecule has 2 rings (SSSR count). The Balaban J connectivity index is 2.79. The molecule has 68 valence electrons. The van der Waals surface area contributed by atoms with Gasteiger partial charge in [-0.05, 0) is 30.9 Å². The summed E-state index contributed by atoms with van der Waals surface area (Å²) in [6, 6.07) is 8.17. The number of aromatic nitrogens is 1. The number of hydrogen-bond acceptors (Lipinski definition) is 1. The van der Waals surface area contributed by atoms with Crippen LogP contribution in [-0.2, 0) is 0 Å². The number of hydrogen-bond donors (Lipinski definition) is 1. The predicted molar refractivity (Wildman–Crippen MR) is 53.6 cm³/mol. The molecule has 0 radical (unpaired) electrons. The van der Waals surface area contributed by atoms with Crippen molar-refractivity contribution in [2.24, 2.45) is 0 Å². The first kappa shape index (κ1) is 8.32. The number of aryl methyl sites for hydroxylation is 1. The lowest BCUT2D eigenvalue weighted by Crippen LogP contribution is -2.02. The topological polar surface area (TPSA) is 25.2 Å². The molecule has 0 aliphatic rings. The van der Waals surface area contributed by atoms with Crippen molar-refractivity contribution < 1.29 is 5.11 Å². The normalized spacial score (nSPS) is 13.5. The third-order valence-electron chi connectivity index (χ3n) is 2.34. The van der Waals surface area contributed by atoms with Crippen molar-refractivity contribution in [2.75, 3.05) is 0 Å². The highest BCUT2D eigenvalue weighted by Gasteiger charge is 2.05. The summed E-state index contributed by atoms with van der Waals surface area (Å²) in [5, 5.41) is 10.7. The van der Waals surface area contributed by atoms with E-state index in [9.17, 15) is 5.11 Å². The third-order valence-corrected chi connectivity index (χ3v) is 2.34. The largest absolute Gasteiger partial charge is 0.374 e. The van der Waals surface area contributed by atoms with Gasteiger partial charge in [-0.15, -0.1) is 0 Å². The zero-order valence-electron chi connectivity index (χ0n) is 7.86. The van der Waals surface area contributed by atoms with E-state index < -0.39 is 6.23 Å². The van der Waals surface area contributed by atoms with Crippen LogP contribution in [0.3, 0.4) is 0 Å². The maximum Gasteiger partial charge on any atom is 0.127 e. The molecule has 0 bridgehead atoms. The van der Waals surface area contributed by atoms with Crippen molar-refractivity contribution in [1.82, 2.24) is 4.57 Å². The molecule has 2 nitrogen and oxygen atoms in total. The van der Waals surface area contributed by atoms with Crippen molar-refractivity contribution in [2.45, 2.75) is 20.1 Å². The van der Waals surface area contributed by atoms with Crippen LogP contribution in [0.4, 0.5) is 0 Å². The first-order chi connectivity index (χ1) is 6.20. The summed E-state index contributed by atoms with van der Waals surface area (Å²) in [7, 11) is 0. The molecule has 1 N–H and O–H groups in total. The minimum Gasteiger partial charge on any atom is -0.374 e. The molecule has 0 saturated heterocycles. The molecule has 2 aromatic rings. The first-order valence-corrected chi connectivity index (χ1v) is 4.44. The molecule has 2 heteroatoms. The maximum absolute atomic E-state index is 9.50. The molecule has 1 unspecified atom stereocenters. The van der Waals surface area contributed by atoms with Crippen LogP contribution in [0.15, 0.2) is 30.5 Å². The Morgan fingerprint density at radius 1 is 1.31 bits per heavy atom. The van der Waals surface area contributed by atoms with Crippen LogP contribution in [0.5, 0.6) is 0 Å². The van der Waals surface area contributed by atoms with Gasteiger partial charge in [-0.2, -0.15) is 0 Å². The van der Waals surface area contributed by atoms with E-state index in [-0.39, 0.29) is 0 Å². The van der Waals surface area contributed by atoms with Crippen molar-refractivity contribution >= 4 is 10.9 Å². The fourth-order valence-electron chi connectivity index (χ4n) is 1.72. The van der Waals surface area contributed by atoms with Crippen LogP contribution in [0.2, 0.25) is 0 Å². The van der Waals surface area contributed by atoms with Crippen LogP contribution in [-0.4, -0.2) is 9.67 Å². The minimum atomic E-state index is -0.460. The highest BCUT2D eigenvalue weighted by atomic mass is 16.3. The van der Waals surface area contributed by atoms with Crippen LogP contribution in [0.25, 0.3) is 10.9 Å². The zero-order valence-corrected chi connectivity index (χ0v) is 7.86. The van der Waals surface area contributed by atoms with E-state index in [1.807, 2.05) is 22.9 Å². The van der Waals surface area contributed by atoms with Crippen LogP contribution < -0.4 is 0 Å². The Hall–Kier alpha value is -1.28. The molecule has 0 amide bonds. The molecule has 0 saturated carbocycles. The highest BCUT2D eigenvalue weighted by Crippen LogP contribution is 2.21. The van der Waals surface area contributed by atoms with Gasteiger partial charge in [0, 0.05) is 6.20 Å². The van der Waals surface area contributed by atoms with Gasteiger partial charge in [0.2, 0.25) is 0 Å². The lowest BCUT2D eigenvalue weighted by Gasteiger charge is -2.09. The molecule has 0 aliphatic carbocycles. The van der Waals surface area contributed by atoms with E-state index in [1.54, 1.807) is 6.92 Å². The molecule has 1 heterocycles. The molecular formula is C11H13NO. The lowest BCUT2D eigenvalue weighted by atomic mass is 10.2. The average Bonchev–Trinajstić information content (AvgIpc) is 2.49. The molecular weight excluding hydrogens is 162 g/mol. The second-order valence-corrected chi connectivity index (χ2v) is 3.37. The summed E-state index contributed by atoms with van der Waals surface area (Å²) < 4.78 is 1.88. The fraction of sp³-hybridized carbons (Fsp3) is 0.273. The minimum absolute atomic E-state index is 0.460. The third kappa shape index (κ3) is 1.23. The average molecular weight is 175 g/mol. The van der Waals surface area contributed by atoms with Crippen LogP contribution in [0.1, 0.15) is 18.7 Å². The van der Waals surface area contributed by atoms with Crippen molar-refractivity contribution in [1.29, 1.82) is 0 Å². The van der Waals surface area contributed by atoms with Gasteiger partial charge in [0.15, 0.2) is 0 Å². The van der Waals surface area contributed by atoms with Gasteiger partial charge in [0.05, 0.1) is 5.52 Å². The second kappa shape index (κ2) is 2.89. The number of benzene rings is 1. The second-order valence-electron chi connectivity index (χ2n) is 3.37. The summed E-state index contributed by atoms with van der Waals surface area (Å²) in [5.74, 6) is 0. The van der Waals surface area contributed by atoms with E-state index in [0.29, 0.717) is 0 Å². The van der Waals surface area contributed by atoms with Crippen LogP contribution >= 0.6 is 0 Å². The smallest absolute Gasteiger partial charge is 0.127 e. The number of rotatable bonds is 1. The van der Waals surface area contributed by atoms with E-state index in [1.165, 1.54) is 10.9 Å². The van der Waals surface area contributed by atoms with E-state index in [4.69, 9.17) is 0 Å². The highest BCUT2D eigenvalue weighted by molar-refractivity contribution is 5.83. The predicted octanol–water partition coefficient (Wildman–Crippen LogP) is 2.46. The number of aliphatic hydroxyl groups is 1. The van der Waals surface area contributed by atoms with Crippen molar-refractivity contribution in [3.05, 3.63) is 36.0 Å². The Bertz CT molecular complexity index is 429. The SMILES string of the molecule is Cc1cccc2ccn(C(C)O)c12. The lowest BCUT2D eigenvalue weighted by molar-refractivity contribution is 0.129. The van der Waals surface area contributed by atoms with Crippen molar-refractivity contribution in [3.63, 3.8) is 0 Å². The maximum atomic E-state index is 9.50. The number of para-hydroxylation sites is 1. The van der Waals surface area contributed by atoms with Crippen molar-refractivity contribution in [3.8, 4) is 0 Å². The summed E-state index contributed by atoms with van der Waals surface area (Å²) >= 11 is 0. The number of nitrogens with zero attached hydrogens (tertiary/aromatic N) is 1. The standard InChI is InChI=1S/C11H13NO/c1-8-4-3-5-10-6-7-12(9(2)13)11(8)10/h3-7,9,13H,1-2H3. The Morgan fingerprint density at radius 3 is 2.77 bits per heavy atom. The zero-order chi connectivity index (χ0) is 9.42. The Morgan fingerprint density at radius 2 is 2.08 bits per heavy atom. The molecule has 13 heavy (non-hydrogen) atoms. The Labute approximate surface area is 77.4 Å².